The minimum atomic E-state index is 0. The number of benzene rings is 3. The van der Waals surface area contributed by atoms with Gasteiger partial charge in [-0.15, -0.1) is 33.7 Å². The molecule has 0 atom stereocenters. The molecule has 3 heteroatoms. The van der Waals surface area contributed by atoms with Crippen molar-refractivity contribution in [3.05, 3.63) is 153 Å². The van der Waals surface area contributed by atoms with Gasteiger partial charge in [0.05, 0.1) is 0 Å². The van der Waals surface area contributed by atoms with Gasteiger partial charge in [0.2, 0.25) is 0 Å². The molecule has 0 saturated carbocycles. The molecule has 37 heavy (non-hydrogen) atoms. The molecule has 3 aromatic rings. The second-order valence-electron chi connectivity index (χ2n) is 9.82. The standard InChI is InChI=1S/C21H19.C13H10.2ClH.Zr/c1-14-8-9-17-16(12-14)13-19-18(17)10-11-21(2,3)20(19)15-6-4-5-7-15;1-3-7-12(8-4-1)11-13-9-5-2-6-10-13;;;/h4-6,8-12H,7H2,1-3H3;1-10H;2*1H;/q-1;;;;+2/p-2. The van der Waals surface area contributed by atoms with E-state index in [1.165, 1.54) is 76.9 Å². The monoisotopic (exact) mass is 597 g/mol. The third kappa shape index (κ3) is 6.23. The van der Waals surface area contributed by atoms with Gasteiger partial charge < -0.3 is 24.8 Å². The number of hydrogen-bond acceptors (Lipinski definition) is 0. The third-order valence-electron chi connectivity index (χ3n) is 6.77. The molecule has 3 aromatic carbocycles. The molecular formula is C34H29Cl2Zr-. The molecule has 0 spiro atoms. The van der Waals surface area contributed by atoms with E-state index in [4.69, 9.17) is 0 Å². The zero-order chi connectivity index (χ0) is 24.4. The molecule has 0 radical (unpaired) electrons. The average molecular weight is 600 g/mol. The fourth-order valence-electron chi connectivity index (χ4n) is 4.98. The molecule has 0 saturated heterocycles. The van der Waals surface area contributed by atoms with Gasteiger partial charge in [0.1, 0.15) is 0 Å². The summed E-state index contributed by atoms with van der Waals surface area (Å²) in [5, 5.41) is 2.57. The van der Waals surface area contributed by atoms with Crippen LogP contribution in [0.5, 0.6) is 0 Å². The number of aryl methyl sites for hydroxylation is 1. The normalized spacial score (nSPS) is 15.8. The molecule has 0 amide bonds. The van der Waals surface area contributed by atoms with Crippen LogP contribution in [0.2, 0.25) is 0 Å². The Morgan fingerprint density at radius 2 is 1.49 bits per heavy atom. The van der Waals surface area contributed by atoms with Crippen LogP contribution in [0.15, 0.2) is 126 Å². The van der Waals surface area contributed by atoms with E-state index in [1.807, 2.05) is 0 Å². The number of fused-ring (bicyclic) bond motifs is 2. The van der Waals surface area contributed by atoms with Crippen LogP contribution >= 0.6 is 0 Å². The van der Waals surface area contributed by atoms with Crippen molar-refractivity contribution < 1.29 is 49.0 Å². The van der Waals surface area contributed by atoms with Crippen molar-refractivity contribution in [2.24, 2.45) is 5.41 Å². The first-order valence-electron chi connectivity index (χ1n) is 12.2. The van der Waals surface area contributed by atoms with Crippen molar-refractivity contribution in [3.8, 4) is 0 Å². The fraction of sp³-hybridized carbons (Fsp3) is 0.147. The van der Waals surface area contributed by atoms with Gasteiger partial charge in [0.15, 0.2) is 0 Å². The van der Waals surface area contributed by atoms with Crippen LogP contribution in [-0.4, -0.2) is 3.21 Å². The summed E-state index contributed by atoms with van der Waals surface area (Å²) >= 11 is 1.46. The van der Waals surface area contributed by atoms with Crippen molar-refractivity contribution in [3.63, 3.8) is 0 Å². The molecule has 0 N–H and O–H groups in total. The topological polar surface area (TPSA) is 0 Å². The Morgan fingerprint density at radius 1 is 0.865 bits per heavy atom. The van der Waals surface area contributed by atoms with Gasteiger partial charge in [-0.05, 0) is 18.8 Å². The van der Waals surface area contributed by atoms with Crippen molar-refractivity contribution in [2.45, 2.75) is 27.2 Å². The van der Waals surface area contributed by atoms with E-state index in [1.54, 1.807) is 0 Å². The van der Waals surface area contributed by atoms with E-state index in [0.29, 0.717) is 0 Å². The molecule has 0 bridgehead atoms. The Labute approximate surface area is 248 Å². The first-order valence-corrected chi connectivity index (χ1v) is 13.4. The van der Waals surface area contributed by atoms with Crippen LogP contribution in [0.4, 0.5) is 0 Å². The summed E-state index contributed by atoms with van der Waals surface area (Å²) in [5.74, 6) is 0. The van der Waals surface area contributed by atoms with Crippen molar-refractivity contribution >= 4 is 14.9 Å². The minimum absolute atomic E-state index is 0. The van der Waals surface area contributed by atoms with E-state index in [0.717, 1.165) is 6.42 Å². The Balaban J connectivity index is 0.000000210. The summed E-state index contributed by atoms with van der Waals surface area (Å²) in [6, 6.07) is 27.8. The summed E-state index contributed by atoms with van der Waals surface area (Å²) in [5.41, 5.74) is 9.56. The number of allylic oxidation sites excluding steroid dienone is 8. The number of halogens is 2. The zero-order valence-electron chi connectivity index (χ0n) is 21.4. The maximum absolute atomic E-state index is 3.68. The van der Waals surface area contributed by atoms with Crippen molar-refractivity contribution in [1.82, 2.24) is 0 Å². The number of rotatable bonds is 3. The molecule has 3 aliphatic rings. The van der Waals surface area contributed by atoms with Gasteiger partial charge in [-0.3, -0.25) is 0 Å². The molecule has 3 aliphatic carbocycles. The van der Waals surface area contributed by atoms with Gasteiger partial charge >= 0.3 is 99.2 Å². The van der Waals surface area contributed by atoms with Crippen LogP contribution < -0.4 is 35.3 Å². The molecule has 0 fully saturated rings. The van der Waals surface area contributed by atoms with Crippen LogP contribution in [0, 0.1) is 12.3 Å². The average Bonchev–Trinajstić information content (AvgIpc) is 3.52. The molecule has 0 nitrogen and oxygen atoms in total. The molecule has 0 heterocycles. The number of hydrogen-bond donors (Lipinski definition) is 0. The van der Waals surface area contributed by atoms with Gasteiger partial charge in [0.25, 0.3) is 0 Å². The van der Waals surface area contributed by atoms with Crippen molar-refractivity contribution in [2.75, 3.05) is 0 Å². The Kier molecular flexibility index (Phi) is 9.88. The molecule has 0 unspecified atom stereocenters. The summed E-state index contributed by atoms with van der Waals surface area (Å²) < 4.78 is 1.42. The third-order valence-corrected chi connectivity index (χ3v) is 8.19. The summed E-state index contributed by atoms with van der Waals surface area (Å²) in [6.07, 6.45) is 16.0. The SMILES string of the molecule is Cc1ccc2c(c1)=[C-]C1=C(C3=CC=CC3)C(C)(C)C=CC=21.[Cl-].[Cl-].[Zr+2]=[C](c1ccccc1)c1ccccc1. The first kappa shape index (κ1) is 29.3. The molecule has 184 valence electrons. The summed E-state index contributed by atoms with van der Waals surface area (Å²) in [4.78, 5) is 0. The summed E-state index contributed by atoms with van der Waals surface area (Å²) in [7, 11) is 0. The van der Waals surface area contributed by atoms with E-state index >= 15 is 0 Å². The van der Waals surface area contributed by atoms with Crippen LogP contribution in [0.1, 0.15) is 37.0 Å². The maximum atomic E-state index is 3.68. The van der Waals surface area contributed by atoms with E-state index in [9.17, 15) is 0 Å². The van der Waals surface area contributed by atoms with Crippen LogP contribution in [-0.2, 0) is 24.2 Å². The van der Waals surface area contributed by atoms with Crippen molar-refractivity contribution in [1.29, 1.82) is 0 Å². The zero-order valence-corrected chi connectivity index (χ0v) is 25.3. The Morgan fingerprint density at radius 3 is 2.05 bits per heavy atom. The summed E-state index contributed by atoms with van der Waals surface area (Å²) in [6.45, 7) is 6.75. The molecular weight excluding hydrogens is 571 g/mol. The van der Waals surface area contributed by atoms with E-state index in [-0.39, 0.29) is 30.2 Å². The fourth-order valence-corrected chi connectivity index (χ4v) is 5.80. The van der Waals surface area contributed by atoms with E-state index < -0.39 is 0 Å². The van der Waals surface area contributed by atoms with Crippen LogP contribution in [0.25, 0.3) is 11.6 Å². The Hall–Kier alpha value is -2.31. The van der Waals surface area contributed by atoms with Crippen LogP contribution in [0.3, 0.4) is 0 Å². The Bertz CT molecular complexity index is 1490. The predicted molar refractivity (Wildman–Crippen MR) is 145 cm³/mol. The molecule has 0 aliphatic heterocycles. The predicted octanol–water partition coefficient (Wildman–Crippen LogP) is 0.406. The van der Waals surface area contributed by atoms with E-state index in [2.05, 4.69) is 136 Å². The van der Waals surface area contributed by atoms with Gasteiger partial charge in [0, 0.05) is 0 Å². The first-order chi connectivity index (χ1) is 16.9. The second kappa shape index (κ2) is 12.5. The van der Waals surface area contributed by atoms with Gasteiger partial charge in [-0.2, -0.15) is 0 Å². The van der Waals surface area contributed by atoms with Gasteiger partial charge in [-0.25, -0.2) is 0 Å². The quantitative estimate of drug-likeness (QED) is 0.383. The molecule has 0 aromatic heterocycles. The molecule has 6 rings (SSSR count). The second-order valence-corrected chi connectivity index (χ2v) is 11.1. The van der Waals surface area contributed by atoms with Gasteiger partial charge in [-0.1, -0.05) is 73.1 Å².